The van der Waals surface area contributed by atoms with Crippen molar-refractivity contribution in [3.63, 3.8) is 0 Å². The first kappa shape index (κ1) is 19.3. The Labute approximate surface area is 127 Å². The molecule has 2 nitrogen and oxygen atoms in total. The fourth-order valence-electron chi connectivity index (χ4n) is 2.36. The van der Waals surface area contributed by atoms with Crippen LogP contribution in [0, 0.1) is 0 Å². The summed E-state index contributed by atoms with van der Waals surface area (Å²) in [5.41, 5.74) is 0. The van der Waals surface area contributed by atoms with Gasteiger partial charge in [-0.15, -0.1) is 0 Å². The molecular formula is C18H37NO. The van der Waals surface area contributed by atoms with E-state index in [2.05, 4.69) is 19.2 Å². The molecule has 0 aliphatic carbocycles. The van der Waals surface area contributed by atoms with E-state index < -0.39 is 0 Å². The normalized spacial score (nSPS) is 11.8. The fourth-order valence-corrected chi connectivity index (χ4v) is 2.36. The number of nitrogens with one attached hydrogen (secondary N) is 1. The Morgan fingerprint density at radius 2 is 1.25 bits per heavy atom. The van der Waals surface area contributed by atoms with Crippen LogP contribution in [-0.4, -0.2) is 11.7 Å². The molecule has 20 heavy (non-hydrogen) atoms. The number of aliphatic hydroxyl groups excluding tert-OH is 1. The number of aliphatic hydroxyl groups is 1. The molecule has 0 radical (unpaired) electrons. The lowest BCUT2D eigenvalue weighted by molar-refractivity contribution is 0.375. The van der Waals surface area contributed by atoms with Gasteiger partial charge in [-0.3, -0.25) is 0 Å². The lowest BCUT2D eigenvalue weighted by Crippen LogP contribution is -2.08. The van der Waals surface area contributed by atoms with E-state index in [-0.39, 0.29) is 0 Å². The highest BCUT2D eigenvalue weighted by Gasteiger charge is 1.94. The van der Waals surface area contributed by atoms with Gasteiger partial charge in [0, 0.05) is 19.2 Å². The van der Waals surface area contributed by atoms with E-state index in [9.17, 15) is 5.11 Å². The Bertz CT molecular complexity index is 213. The molecule has 0 atom stereocenters. The molecule has 0 unspecified atom stereocenters. The third-order valence-corrected chi connectivity index (χ3v) is 3.73. The van der Waals surface area contributed by atoms with Crippen LogP contribution in [0.3, 0.4) is 0 Å². The Balaban J connectivity index is 3.21. The second kappa shape index (κ2) is 16.4. The van der Waals surface area contributed by atoms with Crippen molar-refractivity contribution in [1.82, 2.24) is 5.32 Å². The van der Waals surface area contributed by atoms with Crippen LogP contribution < -0.4 is 5.32 Å². The van der Waals surface area contributed by atoms with Gasteiger partial charge in [0.1, 0.15) is 5.76 Å². The summed E-state index contributed by atoms with van der Waals surface area (Å²) in [5, 5.41) is 12.9. The number of hydrogen-bond acceptors (Lipinski definition) is 2. The van der Waals surface area contributed by atoms with E-state index in [1.807, 2.05) is 0 Å². The molecule has 0 spiro atoms. The third-order valence-electron chi connectivity index (χ3n) is 3.73. The minimum absolute atomic E-state index is 0.515. The highest BCUT2D eigenvalue weighted by atomic mass is 16.3. The topological polar surface area (TPSA) is 32.3 Å². The molecule has 0 aliphatic heterocycles. The summed E-state index contributed by atoms with van der Waals surface area (Å²) >= 11 is 0. The fraction of sp³-hybridized carbons (Fsp3) is 0.889. The maximum Gasteiger partial charge on any atom is 0.108 e. The Morgan fingerprint density at radius 1 is 0.750 bits per heavy atom. The van der Waals surface area contributed by atoms with Crippen LogP contribution in [0.4, 0.5) is 0 Å². The summed E-state index contributed by atoms with van der Waals surface area (Å²) in [6, 6.07) is 0. The molecule has 0 aromatic heterocycles. The molecule has 0 aromatic carbocycles. The van der Waals surface area contributed by atoms with E-state index in [4.69, 9.17) is 0 Å². The maximum atomic E-state index is 9.67. The summed E-state index contributed by atoms with van der Waals surface area (Å²) in [5.74, 6) is 0.515. The lowest BCUT2D eigenvalue weighted by atomic mass is 10.1. The molecule has 120 valence electrons. The highest BCUT2D eigenvalue weighted by Crippen LogP contribution is 2.08. The van der Waals surface area contributed by atoms with Crippen molar-refractivity contribution < 1.29 is 5.11 Å². The molecule has 0 saturated heterocycles. The zero-order valence-corrected chi connectivity index (χ0v) is 13.9. The van der Waals surface area contributed by atoms with Gasteiger partial charge in [-0.05, 0) is 12.8 Å². The third kappa shape index (κ3) is 15.4. The monoisotopic (exact) mass is 283 g/mol. The van der Waals surface area contributed by atoms with Gasteiger partial charge in [-0.25, -0.2) is 0 Å². The molecule has 0 aromatic rings. The van der Waals surface area contributed by atoms with Crippen molar-refractivity contribution in [3.8, 4) is 0 Å². The molecule has 0 fully saturated rings. The van der Waals surface area contributed by atoms with E-state index in [0.717, 1.165) is 19.4 Å². The van der Waals surface area contributed by atoms with Gasteiger partial charge in [0.25, 0.3) is 0 Å². The lowest BCUT2D eigenvalue weighted by Gasteiger charge is -2.04. The van der Waals surface area contributed by atoms with Crippen LogP contribution in [-0.2, 0) is 0 Å². The van der Waals surface area contributed by atoms with Crippen molar-refractivity contribution in [2.24, 2.45) is 0 Å². The van der Waals surface area contributed by atoms with E-state index in [1.54, 1.807) is 6.20 Å². The van der Waals surface area contributed by atoms with Gasteiger partial charge < -0.3 is 10.4 Å². The Hall–Kier alpha value is -0.660. The van der Waals surface area contributed by atoms with Gasteiger partial charge in [0.2, 0.25) is 0 Å². The molecule has 0 heterocycles. The van der Waals surface area contributed by atoms with Crippen molar-refractivity contribution in [3.05, 3.63) is 12.0 Å². The number of hydrogen-bond donors (Lipinski definition) is 2. The summed E-state index contributed by atoms with van der Waals surface area (Å²) in [4.78, 5) is 0. The van der Waals surface area contributed by atoms with Gasteiger partial charge in [0.05, 0.1) is 0 Å². The number of rotatable bonds is 15. The van der Waals surface area contributed by atoms with Crippen LogP contribution in [0.5, 0.6) is 0 Å². The highest BCUT2D eigenvalue weighted by molar-refractivity contribution is 4.88. The molecule has 0 amide bonds. The van der Waals surface area contributed by atoms with Crippen LogP contribution in [0.2, 0.25) is 0 Å². The first-order valence-electron chi connectivity index (χ1n) is 8.92. The first-order chi connectivity index (χ1) is 9.81. The zero-order valence-electron chi connectivity index (χ0n) is 13.9. The van der Waals surface area contributed by atoms with Gasteiger partial charge >= 0.3 is 0 Å². The van der Waals surface area contributed by atoms with Gasteiger partial charge in [-0.1, -0.05) is 78.1 Å². The average molecular weight is 284 g/mol. The van der Waals surface area contributed by atoms with Crippen LogP contribution in [0.15, 0.2) is 12.0 Å². The van der Waals surface area contributed by atoms with Crippen LogP contribution in [0.25, 0.3) is 0 Å². The van der Waals surface area contributed by atoms with Gasteiger partial charge in [0.15, 0.2) is 0 Å². The predicted molar refractivity (Wildman–Crippen MR) is 90.1 cm³/mol. The van der Waals surface area contributed by atoms with Crippen molar-refractivity contribution in [1.29, 1.82) is 0 Å². The second-order valence-corrected chi connectivity index (χ2v) is 5.88. The standard InChI is InChI=1S/C18H37NO/c1-3-5-7-9-10-11-12-14-16-19-17-18(20)15-13-8-6-4-2/h17,19-20H,3-16H2,1-2H3. The van der Waals surface area contributed by atoms with Gasteiger partial charge in [-0.2, -0.15) is 0 Å². The largest absolute Gasteiger partial charge is 0.511 e. The van der Waals surface area contributed by atoms with Crippen molar-refractivity contribution in [2.75, 3.05) is 6.54 Å². The second-order valence-electron chi connectivity index (χ2n) is 5.88. The first-order valence-corrected chi connectivity index (χ1v) is 8.92. The molecular weight excluding hydrogens is 246 g/mol. The van der Waals surface area contributed by atoms with E-state index >= 15 is 0 Å². The predicted octanol–water partition coefficient (Wildman–Crippen LogP) is 6.09. The van der Waals surface area contributed by atoms with Crippen LogP contribution >= 0.6 is 0 Å². The maximum absolute atomic E-state index is 9.67. The molecule has 2 heteroatoms. The molecule has 0 rings (SSSR count). The minimum atomic E-state index is 0.515. The van der Waals surface area contributed by atoms with Crippen LogP contribution in [0.1, 0.15) is 97.3 Å². The zero-order chi connectivity index (χ0) is 14.9. The smallest absolute Gasteiger partial charge is 0.108 e. The van der Waals surface area contributed by atoms with E-state index in [0.29, 0.717) is 5.76 Å². The Morgan fingerprint density at radius 3 is 1.85 bits per heavy atom. The molecule has 0 bridgehead atoms. The molecule has 2 N–H and O–H groups in total. The summed E-state index contributed by atoms with van der Waals surface area (Å²) < 4.78 is 0. The summed E-state index contributed by atoms with van der Waals surface area (Å²) in [6.07, 6.45) is 18.3. The van der Waals surface area contributed by atoms with Crippen molar-refractivity contribution >= 4 is 0 Å². The van der Waals surface area contributed by atoms with E-state index in [1.165, 1.54) is 70.6 Å². The van der Waals surface area contributed by atoms with Crippen molar-refractivity contribution in [2.45, 2.75) is 97.3 Å². The number of allylic oxidation sites excluding steroid dienone is 1. The summed E-state index contributed by atoms with van der Waals surface area (Å²) in [6.45, 7) is 5.47. The number of unbranched alkanes of at least 4 members (excludes halogenated alkanes) is 10. The Kier molecular flexibility index (Phi) is 15.9. The molecule has 0 saturated carbocycles. The minimum Gasteiger partial charge on any atom is -0.511 e. The quantitative estimate of drug-likeness (QED) is 0.282. The average Bonchev–Trinajstić information content (AvgIpc) is 2.45. The summed E-state index contributed by atoms with van der Waals surface area (Å²) in [7, 11) is 0. The SMILES string of the molecule is CCCCCCCCCCNC=C(O)CCCCCC. The molecule has 0 aliphatic rings.